The lowest BCUT2D eigenvalue weighted by molar-refractivity contribution is 0.0962. The molecule has 0 unspecified atom stereocenters. The number of rotatable bonds is 6. The van der Waals surface area contributed by atoms with Gasteiger partial charge in [-0.05, 0) is 56.3 Å². The number of aryl methyl sites for hydroxylation is 1. The fourth-order valence-electron chi connectivity index (χ4n) is 2.92. The van der Waals surface area contributed by atoms with E-state index in [1.807, 2.05) is 13.8 Å². The third kappa shape index (κ3) is 3.91. The highest BCUT2D eigenvalue weighted by Gasteiger charge is 2.24. The molecule has 0 aliphatic rings. The third-order valence-electron chi connectivity index (χ3n) is 4.24. The Morgan fingerprint density at radius 2 is 2.00 bits per heavy atom. The molecule has 0 saturated heterocycles. The first kappa shape index (κ1) is 18.8. The molecule has 27 heavy (non-hydrogen) atoms. The van der Waals surface area contributed by atoms with Crippen LogP contribution >= 0.6 is 11.6 Å². The zero-order chi connectivity index (χ0) is 19.4. The number of halogens is 1. The fourth-order valence-corrected chi connectivity index (χ4v) is 3.09. The smallest absolute Gasteiger partial charge is 0.294 e. The van der Waals surface area contributed by atoms with Crippen LogP contribution in [0.5, 0.6) is 5.75 Å². The van der Waals surface area contributed by atoms with E-state index in [1.165, 1.54) is 0 Å². The molecule has 6 heteroatoms. The summed E-state index contributed by atoms with van der Waals surface area (Å²) < 4.78 is 11.3. The summed E-state index contributed by atoms with van der Waals surface area (Å²) in [5, 5.41) is 10.4. The van der Waals surface area contributed by atoms with Gasteiger partial charge in [0.15, 0.2) is 5.76 Å². The SMILES string of the molecule is CCOc1ccc(N(CCC#N)C(=O)c2oc3ccc(Cl)cc3c2C)cc1. The second-order valence-corrected chi connectivity index (χ2v) is 6.42. The molecule has 0 aliphatic heterocycles. The maximum Gasteiger partial charge on any atom is 0.294 e. The molecule has 3 rings (SSSR count). The van der Waals surface area contributed by atoms with Gasteiger partial charge >= 0.3 is 0 Å². The minimum absolute atomic E-state index is 0.212. The first-order chi connectivity index (χ1) is 13.0. The number of hydrogen-bond acceptors (Lipinski definition) is 4. The molecular weight excluding hydrogens is 364 g/mol. The van der Waals surface area contributed by atoms with Crippen LogP contribution in [0.4, 0.5) is 5.69 Å². The molecule has 2 aromatic carbocycles. The number of benzene rings is 2. The van der Waals surface area contributed by atoms with Gasteiger partial charge in [0.05, 0.1) is 19.1 Å². The van der Waals surface area contributed by atoms with Crippen molar-refractivity contribution in [1.29, 1.82) is 5.26 Å². The summed E-state index contributed by atoms with van der Waals surface area (Å²) in [6.45, 7) is 4.57. The van der Waals surface area contributed by atoms with Crippen molar-refractivity contribution in [2.45, 2.75) is 20.3 Å². The van der Waals surface area contributed by atoms with E-state index in [4.69, 9.17) is 26.0 Å². The molecule has 3 aromatic rings. The number of carbonyl (C=O) groups is 1. The molecule has 0 saturated carbocycles. The second kappa shape index (κ2) is 8.15. The fraction of sp³-hybridized carbons (Fsp3) is 0.238. The number of nitrogens with zero attached hydrogens (tertiary/aromatic N) is 2. The predicted octanol–water partition coefficient (Wildman–Crippen LogP) is 5.35. The van der Waals surface area contributed by atoms with E-state index in [1.54, 1.807) is 47.4 Å². The van der Waals surface area contributed by atoms with Crippen molar-refractivity contribution >= 4 is 34.2 Å². The largest absolute Gasteiger partial charge is 0.494 e. The zero-order valence-corrected chi connectivity index (χ0v) is 15.9. The van der Waals surface area contributed by atoms with Crippen molar-refractivity contribution in [2.75, 3.05) is 18.1 Å². The van der Waals surface area contributed by atoms with E-state index in [2.05, 4.69) is 6.07 Å². The summed E-state index contributed by atoms with van der Waals surface area (Å²) in [7, 11) is 0. The van der Waals surface area contributed by atoms with Crippen LogP contribution in [-0.4, -0.2) is 19.1 Å². The van der Waals surface area contributed by atoms with Gasteiger partial charge in [0.1, 0.15) is 11.3 Å². The summed E-state index contributed by atoms with van der Waals surface area (Å²) in [6.07, 6.45) is 0.212. The molecule has 1 amide bonds. The maximum atomic E-state index is 13.2. The van der Waals surface area contributed by atoms with Crippen molar-refractivity contribution in [3.05, 3.63) is 58.8 Å². The van der Waals surface area contributed by atoms with Crippen LogP contribution in [0, 0.1) is 18.3 Å². The summed E-state index contributed by atoms with van der Waals surface area (Å²) >= 11 is 6.06. The van der Waals surface area contributed by atoms with Crippen LogP contribution in [0.15, 0.2) is 46.9 Å². The third-order valence-corrected chi connectivity index (χ3v) is 4.48. The molecular formula is C21H19ClN2O3. The van der Waals surface area contributed by atoms with Crippen molar-refractivity contribution in [3.8, 4) is 11.8 Å². The second-order valence-electron chi connectivity index (χ2n) is 5.99. The lowest BCUT2D eigenvalue weighted by atomic mass is 10.1. The van der Waals surface area contributed by atoms with Gasteiger partial charge in [-0.3, -0.25) is 4.79 Å². The van der Waals surface area contributed by atoms with Crippen LogP contribution in [0.2, 0.25) is 5.02 Å². The van der Waals surface area contributed by atoms with Crippen molar-refractivity contribution < 1.29 is 13.9 Å². The summed E-state index contributed by atoms with van der Waals surface area (Å²) in [5.74, 6) is 0.682. The van der Waals surface area contributed by atoms with Crippen molar-refractivity contribution in [3.63, 3.8) is 0 Å². The summed E-state index contributed by atoms with van der Waals surface area (Å²) in [5.41, 5.74) is 2.01. The molecule has 0 N–H and O–H groups in total. The average Bonchev–Trinajstić information content (AvgIpc) is 2.99. The van der Waals surface area contributed by atoms with Gasteiger partial charge in [0.2, 0.25) is 0 Å². The Morgan fingerprint density at radius 1 is 1.26 bits per heavy atom. The molecule has 5 nitrogen and oxygen atoms in total. The van der Waals surface area contributed by atoms with E-state index in [0.29, 0.717) is 22.9 Å². The Kier molecular flexibility index (Phi) is 5.68. The Morgan fingerprint density at radius 3 is 2.67 bits per heavy atom. The van der Waals surface area contributed by atoms with Crippen molar-refractivity contribution in [1.82, 2.24) is 0 Å². The maximum absolute atomic E-state index is 13.2. The average molecular weight is 383 g/mol. The number of ether oxygens (including phenoxy) is 1. The van der Waals surface area contributed by atoms with Gasteiger partial charge in [0.25, 0.3) is 5.91 Å². The number of hydrogen-bond donors (Lipinski definition) is 0. The van der Waals surface area contributed by atoms with Gasteiger partial charge in [-0.25, -0.2) is 0 Å². The minimum atomic E-state index is -0.292. The quantitative estimate of drug-likeness (QED) is 0.576. The van der Waals surface area contributed by atoms with Crippen LogP contribution in [-0.2, 0) is 0 Å². The molecule has 0 atom stereocenters. The number of nitriles is 1. The molecule has 1 heterocycles. The van der Waals surface area contributed by atoms with Crippen LogP contribution in [0.3, 0.4) is 0 Å². The lowest BCUT2D eigenvalue weighted by Crippen LogP contribution is -2.32. The summed E-state index contributed by atoms with van der Waals surface area (Å²) in [4.78, 5) is 14.7. The van der Waals surface area contributed by atoms with Crippen LogP contribution < -0.4 is 9.64 Å². The Hall–Kier alpha value is -2.97. The first-order valence-electron chi connectivity index (χ1n) is 8.65. The molecule has 0 bridgehead atoms. The number of fused-ring (bicyclic) bond motifs is 1. The van der Waals surface area contributed by atoms with Crippen molar-refractivity contribution in [2.24, 2.45) is 0 Å². The molecule has 0 spiro atoms. The van der Waals surface area contributed by atoms with Gasteiger partial charge < -0.3 is 14.1 Å². The zero-order valence-electron chi connectivity index (χ0n) is 15.2. The van der Waals surface area contributed by atoms with Crippen LogP contribution in [0.1, 0.15) is 29.5 Å². The minimum Gasteiger partial charge on any atom is -0.494 e. The molecule has 0 radical (unpaired) electrons. The standard InChI is InChI=1S/C21H19ClN2O3/c1-3-26-17-8-6-16(7-9-17)24(12-4-11-23)21(25)20-14(2)18-13-15(22)5-10-19(18)27-20/h5-10,13H,3-4,12H2,1-2H3. The number of furan rings is 1. The van der Waals surface area contributed by atoms with Gasteiger partial charge in [-0.2, -0.15) is 5.26 Å². The number of carbonyl (C=O) groups excluding carboxylic acids is 1. The predicted molar refractivity (Wildman–Crippen MR) is 105 cm³/mol. The molecule has 138 valence electrons. The van der Waals surface area contributed by atoms with Gasteiger partial charge in [-0.1, -0.05) is 11.6 Å². The van der Waals surface area contributed by atoms with E-state index < -0.39 is 0 Å². The topological polar surface area (TPSA) is 66.5 Å². The van der Waals surface area contributed by atoms with Crippen LogP contribution in [0.25, 0.3) is 11.0 Å². The van der Waals surface area contributed by atoms with E-state index in [9.17, 15) is 4.79 Å². The number of amides is 1. The van der Waals surface area contributed by atoms with E-state index in [0.717, 1.165) is 16.7 Å². The van der Waals surface area contributed by atoms with E-state index in [-0.39, 0.29) is 24.6 Å². The van der Waals surface area contributed by atoms with E-state index >= 15 is 0 Å². The lowest BCUT2D eigenvalue weighted by Gasteiger charge is -2.21. The highest BCUT2D eigenvalue weighted by atomic mass is 35.5. The Bertz CT molecular complexity index is 1000. The van der Waals surface area contributed by atoms with Gasteiger partial charge in [-0.15, -0.1) is 0 Å². The normalized spacial score (nSPS) is 10.6. The van der Waals surface area contributed by atoms with Gasteiger partial charge in [0, 0.05) is 28.2 Å². The Labute approximate surface area is 162 Å². The monoisotopic (exact) mass is 382 g/mol. The molecule has 0 fully saturated rings. The first-order valence-corrected chi connectivity index (χ1v) is 9.03. The Balaban J connectivity index is 1.98. The summed E-state index contributed by atoms with van der Waals surface area (Å²) in [6, 6.07) is 14.5. The number of anilines is 1. The molecule has 0 aliphatic carbocycles. The highest BCUT2D eigenvalue weighted by molar-refractivity contribution is 6.31. The molecule has 1 aromatic heterocycles. The highest BCUT2D eigenvalue weighted by Crippen LogP contribution is 2.30.